The summed E-state index contributed by atoms with van der Waals surface area (Å²) in [7, 11) is 0. The van der Waals surface area contributed by atoms with Gasteiger partial charge in [-0.3, -0.25) is 0 Å². The highest BCUT2D eigenvalue weighted by Gasteiger charge is 2.18. The number of piperidine rings is 1. The molecule has 18 heavy (non-hydrogen) atoms. The van der Waals surface area contributed by atoms with Crippen LogP contribution in [0, 0.1) is 6.92 Å². The monoisotopic (exact) mass is 258 g/mol. The fourth-order valence-electron chi connectivity index (χ4n) is 2.49. The Balaban J connectivity index is 1.87. The third-order valence-electron chi connectivity index (χ3n) is 3.55. The molecule has 1 fully saturated rings. The average Bonchev–Trinajstić information content (AvgIpc) is 2.90. The highest BCUT2D eigenvalue weighted by molar-refractivity contribution is 7.10. The molecule has 1 saturated heterocycles. The van der Waals surface area contributed by atoms with Gasteiger partial charge in [-0.25, -0.2) is 4.98 Å². The van der Waals surface area contributed by atoms with Crippen molar-refractivity contribution in [1.82, 2.24) is 10.3 Å². The van der Waals surface area contributed by atoms with Crippen molar-refractivity contribution >= 4 is 11.3 Å². The molecule has 94 valence electrons. The minimum Gasteiger partial charge on any atom is -0.308 e. The predicted octanol–water partition coefficient (Wildman–Crippen LogP) is 3.93. The van der Waals surface area contributed by atoms with E-state index in [1.54, 1.807) is 11.3 Å². The summed E-state index contributed by atoms with van der Waals surface area (Å²) in [5.41, 5.74) is 3.68. The SMILES string of the molecule is Cc1ccccc1-c1csc(C2CCCCN2)n1. The summed E-state index contributed by atoms with van der Waals surface area (Å²) in [5.74, 6) is 0. The Kier molecular flexibility index (Phi) is 3.43. The first-order valence-electron chi connectivity index (χ1n) is 6.59. The van der Waals surface area contributed by atoms with Gasteiger partial charge >= 0.3 is 0 Å². The maximum absolute atomic E-state index is 4.82. The quantitative estimate of drug-likeness (QED) is 0.882. The zero-order valence-corrected chi connectivity index (χ0v) is 11.5. The number of rotatable bonds is 2. The fraction of sp³-hybridized carbons (Fsp3) is 0.400. The van der Waals surface area contributed by atoms with Crippen molar-refractivity contribution in [2.75, 3.05) is 6.54 Å². The normalized spacial score (nSPS) is 19.9. The first kappa shape index (κ1) is 11.9. The topological polar surface area (TPSA) is 24.9 Å². The Morgan fingerprint density at radius 1 is 1.28 bits per heavy atom. The van der Waals surface area contributed by atoms with Gasteiger partial charge in [-0.2, -0.15) is 0 Å². The zero-order chi connectivity index (χ0) is 12.4. The van der Waals surface area contributed by atoms with Gasteiger partial charge in [0.2, 0.25) is 0 Å². The lowest BCUT2D eigenvalue weighted by Gasteiger charge is -2.21. The number of thiazole rings is 1. The molecule has 0 radical (unpaired) electrons. The first-order valence-corrected chi connectivity index (χ1v) is 7.47. The van der Waals surface area contributed by atoms with Gasteiger partial charge in [-0.05, 0) is 31.9 Å². The van der Waals surface area contributed by atoms with Crippen LogP contribution in [-0.2, 0) is 0 Å². The summed E-state index contributed by atoms with van der Waals surface area (Å²) in [6.45, 7) is 3.27. The van der Waals surface area contributed by atoms with E-state index in [1.165, 1.54) is 35.4 Å². The lowest BCUT2D eigenvalue weighted by atomic mass is 10.1. The van der Waals surface area contributed by atoms with E-state index in [9.17, 15) is 0 Å². The van der Waals surface area contributed by atoms with Crippen molar-refractivity contribution in [3.05, 3.63) is 40.2 Å². The van der Waals surface area contributed by atoms with Crippen LogP contribution in [0.4, 0.5) is 0 Å². The van der Waals surface area contributed by atoms with Crippen LogP contribution in [0.5, 0.6) is 0 Å². The van der Waals surface area contributed by atoms with Crippen molar-refractivity contribution in [3.8, 4) is 11.3 Å². The summed E-state index contributed by atoms with van der Waals surface area (Å²) in [4.78, 5) is 4.82. The molecule has 2 heterocycles. The molecule has 0 saturated carbocycles. The Hall–Kier alpha value is -1.19. The van der Waals surface area contributed by atoms with Gasteiger partial charge in [0, 0.05) is 10.9 Å². The summed E-state index contributed by atoms with van der Waals surface area (Å²) in [5, 5.41) is 6.99. The van der Waals surface area contributed by atoms with Crippen LogP contribution in [0.2, 0.25) is 0 Å². The summed E-state index contributed by atoms with van der Waals surface area (Å²) in [6.07, 6.45) is 3.84. The molecular weight excluding hydrogens is 240 g/mol. The van der Waals surface area contributed by atoms with Crippen LogP contribution in [0.15, 0.2) is 29.6 Å². The Bertz CT molecular complexity index is 527. The maximum Gasteiger partial charge on any atom is 0.110 e. The Labute approximate surface area is 112 Å². The van der Waals surface area contributed by atoms with Gasteiger partial charge in [0.05, 0.1) is 11.7 Å². The van der Waals surface area contributed by atoms with Crippen molar-refractivity contribution in [1.29, 1.82) is 0 Å². The van der Waals surface area contributed by atoms with Gasteiger partial charge in [-0.1, -0.05) is 30.7 Å². The fourth-order valence-corrected chi connectivity index (χ4v) is 3.42. The predicted molar refractivity (Wildman–Crippen MR) is 76.9 cm³/mol. The molecule has 3 heteroatoms. The van der Waals surface area contributed by atoms with Gasteiger partial charge < -0.3 is 5.32 Å². The molecule has 1 N–H and O–H groups in total. The van der Waals surface area contributed by atoms with E-state index in [1.807, 2.05) is 0 Å². The number of hydrogen-bond acceptors (Lipinski definition) is 3. The van der Waals surface area contributed by atoms with E-state index in [0.29, 0.717) is 6.04 Å². The van der Waals surface area contributed by atoms with Gasteiger partial charge in [0.1, 0.15) is 5.01 Å². The molecule has 2 nitrogen and oxygen atoms in total. The van der Waals surface area contributed by atoms with E-state index < -0.39 is 0 Å². The van der Waals surface area contributed by atoms with Crippen LogP contribution in [0.1, 0.15) is 35.9 Å². The second-order valence-electron chi connectivity index (χ2n) is 4.89. The largest absolute Gasteiger partial charge is 0.308 e. The molecule has 1 aliphatic heterocycles. The molecule has 0 aliphatic carbocycles. The number of nitrogens with one attached hydrogen (secondary N) is 1. The summed E-state index contributed by atoms with van der Waals surface area (Å²) < 4.78 is 0. The van der Waals surface area contributed by atoms with E-state index in [4.69, 9.17) is 4.98 Å². The number of aryl methyl sites for hydroxylation is 1. The molecular formula is C15H18N2S. The highest BCUT2D eigenvalue weighted by Crippen LogP contribution is 2.30. The number of hydrogen-bond donors (Lipinski definition) is 1. The molecule has 0 amide bonds. The third-order valence-corrected chi connectivity index (χ3v) is 4.51. The molecule has 2 aromatic rings. The molecule has 1 aromatic heterocycles. The van der Waals surface area contributed by atoms with Crippen molar-refractivity contribution in [3.63, 3.8) is 0 Å². The maximum atomic E-state index is 4.82. The molecule has 0 spiro atoms. The van der Waals surface area contributed by atoms with E-state index in [0.717, 1.165) is 12.2 Å². The Morgan fingerprint density at radius 2 is 2.17 bits per heavy atom. The van der Waals surface area contributed by atoms with Crippen LogP contribution < -0.4 is 5.32 Å². The number of benzene rings is 1. The van der Waals surface area contributed by atoms with Crippen molar-refractivity contribution < 1.29 is 0 Å². The molecule has 3 rings (SSSR count). The standard InChI is InChI=1S/C15H18N2S/c1-11-6-2-3-7-12(11)14-10-18-15(17-14)13-8-4-5-9-16-13/h2-3,6-7,10,13,16H,4-5,8-9H2,1H3. The smallest absolute Gasteiger partial charge is 0.110 e. The van der Waals surface area contributed by atoms with Crippen LogP contribution >= 0.6 is 11.3 Å². The summed E-state index contributed by atoms with van der Waals surface area (Å²) >= 11 is 1.79. The molecule has 1 aliphatic rings. The van der Waals surface area contributed by atoms with Crippen molar-refractivity contribution in [2.45, 2.75) is 32.2 Å². The minimum atomic E-state index is 0.474. The zero-order valence-electron chi connectivity index (χ0n) is 10.6. The van der Waals surface area contributed by atoms with Crippen LogP contribution in [0.3, 0.4) is 0 Å². The molecule has 1 unspecified atom stereocenters. The van der Waals surface area contributed by atoms with Crippen LogP contribution in [-0.4, -0.2) is 11.5 Å². The van der Waals surface area contributed by atoms with Crippen LogP contribution in [0.25, 0.3) is 11.3 Å². The number of aromatic nitrogens is 1. The summed E-state index contributed by atoms with van der Waals surface area (Å²) in [6, 6.07) is 8.94. The molecule has 1 atom stereocenters. The lowest BCUT2D eigenvalue weighted by Crippen LogP contribution is -2.26. The van der Waals surface area contributed by atoms with Crippen molar-refractivity contribution in [2.24, 2.45) is 0 Å². The highest BCUT2D eigenvalue weighted by atomic mass is 32.1. The van der Waals surface area contributed by atoms with Gasteiger partial charge in [0.25, 0.3) is 0 Å². The van der Waals surface area contributed by atoms with E-state index in [-0.39, 0.29) is 0 Å². The van der Waals surface area contributed by atoms with Gasteiger partial charge in [-0.15, -0.1) is 11.3 Å². The minimum absolute atomic E-state index is 0.474. The second-order valence-corrected chi connectivity index (χ2v) is 5.78. The molecule has 0 bridgehead atoms. The number of nitrogens with zero attached hydrogens (tertiary/aromatic N) is 1. The average molecular weight is 258 g/mol. The van der Waals surface area contributed by atoms with Gasteiger partial charge in [0.15, 0.2) is 0 Å². The second kappa shape index (κ2) is 5.21. The lowest BCUT2D eigenvalue weighted by molar-refractivity contribution is 0.411. The Morgan fingerprint density at radius 3 is 2.94 bits per heavy atom. The third kappa shape index (κ3) is 2.33. The molecule has 1 aromatic carbocycles. The van der Waals surface area contributed by atoms with E-state index >= 15 is 0 Å². The van der Waals surface area contributed by atoms with E-state index in [2.05, 4.69) is 41.9 Å². The first-order chi connectivity index (χ1) is 8.84.